The van der Waals surface area contributed by atoms with Gasteiger partial charge in [0.2, 0.25) is 0 Å². The van der Waals surface area contributed by atoms with E-state index in [9.17, 15) is 4.79 Å². The van der Waals surface area contributed by atoms with Crippen LogP contribution in [-0.2, 0) is 0 Å². The van der Waals surface area contributed by atoms with Gasteiger partial charge in [-0.2, -0.15) is 11.8 Å². The van der Waals surface area contributed by atoms with Crippen LogP contribution < -0.4 is 16.4 Å². The largest absolute Gasteiger partial charge is 0.397 e. The van der Waals surface area contributed by atoms with E-state index in [0.29, 0.717) is 17.2 Å². The maximum atomic E-state index is 11.4. The molecule has 1 aromatic rings. The first kappa shape index (κ1) is 14.7. The second-order valence-corrected chi connectivity index (χ2v) is 5.23. The minimum atomic E-state index is -0.121. The third-order valence-corrected chi connectivity index (χ3v) is 3.54. The highest BCUT2D eigenvalue weighted by atomic mass is 32.2. The van der Waals surface area contributed by atoms with Gasteiger partial charge in [0.25, 0.3) is 5.91 Å². The lowest BCUT2D eigenvalue weighted by molar-refractivity contribution is 0.0963. The van der Waals surface area contributed by atoms with Crippen molar-refractivity contribution in [2.75, 3.05) is 36.7 Å². The number of carbonyl (C=O) groups is 1. The Morgan fingerprint density at radius 2 is 2.22 bits per heavy atom. The first-order valence-electron chi connectivity index (χ1n) is 5.93. The number of hydrogen-bond acceptors (Lipinski definition) is 4. The van der Waals surface area contributed by atoms with E-state index in [1.807, 2.05) is 17.8 Å². The van der Waals surface area contributed by atoms with E-state index in [4.69, 9.17) is 5.73 Å². The number of amides is 1. The molecule has 0 fully saturated rings. The molecule has 0 aliphatic rings. The first-order chi connectivity index (χ1) is 8.58. The number of nitrogens with two attached hydrogens (primary N) is 1. The molecule has 100 valence electrons. The number of hydrogen-bond donors (Lipinski definition) is 3. The van der Waals surface area contributed by atoms with E-state index in [1.54, 1.807) is 19.2 Å². The summed E-state index contributed by atoms with van der Waals surface area (Å²) in [6.45, 7) is 3.07. The average Bonchev–Trinajstić information content (AvgIpc) is 2.36. The summed E-state index contributed by atoms with van der Waals surface area (Å²) >= 11 is 1.83. The van der Waals surface area contributed by atoms with Crippen molar-refractivity contribution in [1.82, 2.24) is 5.32 Å². The Hall–Kier alpha value is -1.36. The molecule has 4 N–H and O–H groups in total. The van der Waals surface area contributed by atoms with Crippen LogP contribution in [0.15, 0.2) is 18.2 Å². The lowest BCUT2D eigenvalue weighted by atomic mass is 10.1. The number of carbonyl (C=O) groups excluding carboxylic acids is 1. The second-order valence-electron chi connectivity index (χ2n) is 4.32. The topological polar surface area (TPSA) is 67.2 Å². The number of nitrogen functional groups attached to an aromatic ring is 1. The van der Waals surface area contributed by atoms with Gasteiger partial charge in [-0.1, -0.05) is 6.92 Å². The molecule has 1 unspecified atom stereocenters. The number of nitrogens with one attached hydrogen (secondary N) is 2. The van der Waals surface area contributed by atoms with Gasteiger partial charge in [-0.25, -0.2) is 0 Å². The van der Waals surface area contributed by atoms with Gasteiger partial charge in [-0.05, 0) is 36.1 Å². The van der Waals surface area contributed by atoms with Crippen molar-refractivity contribution in [2.24, 2.45) is 5.92 Å². The Labute approximate surface area is 113 Å². The van der Waals surface area contributed by atoms with Crippen LogP contribution >= 0.6 is 11.8 Å². The minimum Gasteiger partial charge on any atom is -0.397 e. The molecule has 0 spiro atoms. The Balaban J connectivity index is 2.65. The molecule has 1 aromatic carbocycles. The predicted molar refractivity (Wildman–Crippen MR) is 80.3 cm³/mol. The molecule has 0 saturated heterocycles. The molecule has 0 saturated carbocycles. The summed E-state index contributed by atoms with van der Waals surface area (Å²) < 4.78 is 0. The number of rotatable bonds is 6. The number of benzene rings is 1. The summed E-state index contributed by atoms with van der Waals surface area (Å²) in [7, 11) is 1.61. The van der Waals surface area contributed by atoms with Gasteiger partial charge < -0.3 is 16.4 Å². The fourth-order valence-corrected chi connectivity index (χ4v) is 2.32. The van der Waals surface area contributed by atoms with Crippen molar-refractivity contribution in [3.8, 4) is 0 Å². The standard InChI is InChI=1S/C13H21N3OS/c1-9(8-18-3)7-16-12-5-4-10(6-11(12)14)13(17)15-2/h4-6,9,16H,7-8,14H2,1-3H3,(H,15,17). The van der Waals surface area contributed by atoms with Crippen LogP contribution in [0.25, 0.3) is 0 Å². The van der Waals surface area contributed by atoms with E-state index in [2.05, 4.69) is 23.8 Å². The molecule has 4 nitrogen and oxygen atoms in total. The third-order valence-electron chi connectivity index (χ3n) is 2.63. The summed E-state index contributed by atoms with van der Waals surface area (Å²) in [5.41, 5.74) is 8.00. The molecule has 18 heavy (non-hydrogen) atoms. The summed E-state index contributed by atoms with van der Waals surface area (Å²) in [5, 5.41) is 5.89. The van der Waals surface area contributed by atoms with Crippen molar-refractivity contribution >= 4 is 29.0 Å². The normalized spacial score (nSPS) is 11.9. The quantitative estimate of drug-likeness (QED) is 0.690. The van der Waals surface area contributed by atoms with Crippen molar-refractivity contribution < 1.29 is 4.79 Å². The Morgan fingerprint density at radius 3 is 2.78 bits per heavy atom. The van der Waals surface area contributed by atoms with Crippen LogP contribution in [0.4, 0.5) is 11.4 Å². The summed E-state index contributed by atoms with van der Waals surface area (Å²) in [4.78, 5) is 11.4. The number of anilines is 2. The fraction of sp³-hybridized carbons (Fsp3) is 0.462. The molecule has 0 radical (unpaired) electrons. The summed E-state index contributed by atoms with van der Waals surface area (Å²) in [6, 6.07) is 5.32. The summed E-state index contributed by atoms with van der Waals surface area (Å²) in [5.74, 6) is 1.57. The molecule has 0 aliphatic carbocycles. The SMILES string of the molecule is CNC(=O)c1ccc(NCC(C)CSC)c(N)c1. The van der Waals surface area contributed by atoms with Crippen molar-refractivity contribution in [1.29, 1.82) is 0 Å². The van der Waals surface area contributed by atoms with Gasteiger partial charge in [0.05, 0.1) is 11.4 Å². The Kier molecular flexibility index (Phi) is 5.85. The zero-order chi connectivity index (χ0) is 13.5. The first-order valence-corrected chi connectivity index (χ1v) is 7.32. The van der Waals surface area contributed by atoms with Gasteiger partial charge in [0.15, 0.2) is 0 Å². The van der Waals surface area contributed by atoms with E-state index in [1.165, 1.54) is 0 Å². The lowest BCUT2D eigenvalue weighted by Gasteiger charge is -2.14. The maximum absolute atomic E-state index is 11.4. The van der Waals surface area contributed by atoms with Gasteiger partial charge in [0.1, 0.15) is 0 Å². The molecule has 5 heteroatoms. The smallest absolute Gasteiger partial charge is 0.251 e. The molecular formula is C13H21N3OS. The molecule has 1 rings (SSSR count). The second kappa shape index (κ2) is 7.16. The maximum Gasteiger partial charge on any atom is 0.251 e. The van der Waals surface area contributed by atoms with Crippen LogP contribution in [0, 0.1) is 5.92 Å². The Bertz CT molecular complexity index is 409. The van der Waals surface area contributed by atoms with Crippen molar-refractivity contribution in [3.63, 3.8) is 0 Å². The van der Waals surface area contributed by atoms with E-state index < -0.39 is 0 Å². The van der Waals surface area contributed by atoms with Crippen molar-refractivity contribution in [2.45, 2.75) is 6.92 Å². The molecular weight excluding hydrogens is 246 g/mol. The predicted octanol–water partition coefficient (Wildman–Crippen LogP) is 2.04. The highest BCUT2D eigenvalue weighted by Gasteiger charge is 2.07. The van der Waals surface area contributed by atoms with Crippen LogP contribution in [0.5, 0.6) is 0 Å². The van der Waals surface area contributed by atoms with Crippen molar-refractivity contribution in [3.05, 3.63) is 23.8 Å². The van der Waals surface area contributed by atoms with Crippen LogP contribution in [-0.4, -0.2) is 31.5 Å². The fourth-order valence-electron chi connectivity index (χ4n) is 1.64. The highest BCUT2D eigenvalue weighted by molar-refractivity contribution is 7.98. The zero-order valence-electron chi connectivity index (χ0n) is 11.1. The summed E-state index contributed by atoms with van der Waals surface area (Å²) in [6.07, 6.45) is 2.10. The lowest BCUT2D eigenvalue weighted by Crippen LogP contribution is -2.18. The van der Waals surface area contributed by atoms with Gasteiger partial charge in [-0.3, -0.25) is 4.79 Å². The van der Waals surface area contributed by atoms with E-state index in [-0.39, 0.29) is 5.91 Å². The van der Waals surface area contributed by atoms with E-state index in [0.717, 1.165) is 18.0 Å². The average molecular weight is 267 g/mol. The van der Waals surface area contributed by atoms with E-state index >= 15 is 0 Å². The van der Waals surface area contributed by atoms with Gasteiger partial charge in [-0.15, -0.1) is 0 Å². The monoisotopic (exact) mass is 267 g/mol. The molecule has 0 aromatic heterocycles. The zero-order valence-corrected chi connectivity index (χ0v) is 11.9. The van der Waals surface area contributed by atoms with Crippen LogP contribution in [0.2, 0.25) is 0 Å². The molecule has 0 heterocycles. The molecule has 0 aliphatic heterocycles. The van der Waals surface area contributed by atoms with Crippen LogP contribution in [0.3, 0.4) is 0 Å². The van der Waals surface area contributed by atoms with Gasteiger partial charge in [0, 0.05) is 19.2 Å². The minimum absolute atomic E-state index is 0.121. The third kappa shape index (κ3) is 4.14. The molecule has 1 amide bonds. The molecule has 1 atom stereocenters. The van der Waals surface area contributed by atoms with Crippen LogP contribution in [0.1, 0.15) is 17.3 Å². The Morgan fingerprint density at radius 1 is 1.50 bits per heavy atom. The molecule has 0 bridgehead atoms. The van der Waals surface area contributed by atoms with Gasteiger partial charge >= 0.3 is 0 Å². The number of thioether (sulfide) groups is 1. The highest BCUT2D eigenvalue weighted by Crippen LogP contribution is 2.20.